The Kier molecular flexibility index (Phi) is 3.66. The number of fused-ring (bicyclic) bond motifs is 1. The Morgan fingerprint density at radius 1 is 1.32 bits per heavy atom. The Bertz CT molecular complexity index is 717. The van der Waals surface area contributed by atoms with Gasteiger partial charge in [-0.05, 0) is 29.3 Å². The molecule has 0 aliphatic rings. The normalized spacial score (nSPS) is 10.4. The smallest absolute Gasteiger partial charge is 0.336 e. The van der Waals surface area contributed by atoms with E-state index in [0.29, 0.717) is 10.9 Å². The van der Waals surface area contributed by atoms with E-state index < -0.39 is 16.8 Å². The summed E-state index contributed by atoms with van der Waals surface area (Å²) >= 11 is 5.32. The van der Waals surface area contributed by atoms with Crippen LogP contribution < -0.4 is 10.4 Å². The van der Waals surface area contributed by atoms with Gasteiger partial charge in [-0.2, -0.15) is 0 Å². The number of benzene rings is 1. The Labute approximate surface area is 112 Å². The number of hydrogen-bond donors (Lipinski definition) is 0. The molecule has 0 aliphatic heterocycles. The van der Waals surface area contributed by atoms with Crippen LogP contribution in [0, 0.1) is 0 Å². The largest absolute Gasteiger partial charge is 0.427 e. The summed E-state index contributed by atoms with van der Waals surface area (Å²) in [5.41, 5.74) is 0.111. The summed E-state index contributed by atoms with van der Waals surface area (Å²) < 4.78 is 9.89. The summed E-state index contributed by atoms with van der Waals surface area (Å²) in [4.78, 5) is 33.2. The van der Waals surface area contributed by atoms with Gasteiger partial charge in [0.25, 0.3) is 0 Å². The molecule has 0 radical (unpaired) electrons. The molecule has 2 aromatic rings. The van der Waals surface area contributed by atoms with Crippen molar-refractivity contribution in [1.29, 1.82) is 0 Å². The number of carbonyl (C=O) groups is 2. The molecule has 98 valence electrons. The van der Waals surface area contributed by atoms with Crippen LogP contribution in [0.25, 0.3) is 11.0 Å². The third-order valence-electron chi connectivity index (χ3n) is 2.39. The molecule has 0 unspecified atom stereocenters. The third-order valence-corrected chi connectivity index (χ3v) is 2.53. The Balaban J connectivity index is 2.57. The highest BCUT2D eigenvalue weighted by Crippen LogP contribution is 2.23. The lowest BCUT2D eigenvalue weighted by Crippen LogP contribution is -2.05. The standard InChI is InChI=1S/C13H9ClO5/c1-7(15)18-9-2-3-10-8(4-12(14)16)5-13(17)19-11(10)6-9/h2-3,5-6H,4H2,1H3. The highest BCUT2D eigenvalue weighted by atomic mass is 35.5. The van der Waals surface area contributed by atoms with Crippen molar-refractivity contribution in [3.63, 3.8) is 0 Å². The number of ether oxygens (including phenoxy) is 1. The molecular weight excluding hydrogens is 272 g/mol. The Hall–Kier alpha value is -2.14. The van der Waals surface area contributed by atoms with E-state index in [-0.39, 0.29) is 17.8 Å². The first-order valence-corrected chi connectivity index (χ1v) is 5.77. The topological polar surface area (TPSA) is 73.6 Å². The van der Waals surface area contributed by atoms with Crippen molar-refractivity contribution >= 4 is 33.8 Å². The molecule has 0 bridgehead atoms. The molecule has 0 N–H and O–H groups in total. The first kappa shape index (κ1) is 13.3. The summed E-state index contributed by atoms with van der Waals surface area (Å²) in [5, 5.41) is 0.000430. The van der Waals surface area contributed by atoms with Crippen LogP contribution in [0.2, 0.25) is 0 Å². The summed E-state index contributed by atoms with van der Waals surface area (Å²) in [5.74, 6) is -0.216. The molecule has 0 saturated carbocycles. The lowest BCUT2D eigenvalue weighted by Gasteiger charge is -2.05. The fraction of sp³-hybridized carbons (Fsp3) is 0.154. The SMILES string of the molecule is CC(=O)Oc1ccc2c(CC(=O)Cl)cc(=O)oc2c1. The van der Waals surface area contributed by atoms with Gasteiger partial charge in [0.2, 0.25) is 5.24 Å². The molecule has 0 fully saturated rings. The second-order valence-corrected chi connectivity index (χ2v) is 4.30. The lowest BCUT2D eigenvalue weighted by molar-refractivity contribution is -0.131. The van der Waals surface area contributed by atoms with E-state index in [9.17, 15) is 14.4 Å². The van der Waals surface area contributed by atoms with E-state index in [1.165, 1.54) is 19.1 Å². The van der Waals surface area contributed by atoms with Gasteiger partial charge in [0.05, 0.1) is 0 Å². The van der Waals surface area contributed by atoms with Crippen LogP contribution in [0.1, 0.15) is 12.5 Å². The minimum atomic E-state index is -0.597. The van der Waals surface area contributed by atoms with E-state index in [4.69, 9.17) is 20.8 Å². The maximum atomic E-state index is 11.4. The second-order valence-electron chi connectivity index (χ2n) is 3.87. The lowest BCUT2D eigenvalue weighted by atomic mass is 10.1. The maximum Gasteiger partial charge on any atom is 0.336 e. The summed E-state index contributed by atoms with van der Waals surface area (Å²) in [6.07, 6.45) is -0.0728. The van der Waals surface area contributed by atoms with Crippen LogP contribution in [-0.4, -0.2) is 11.2 Å². The molecule has 0 atom stereocenters. The van der Waals surface area contributed by atoms with Crippen LogP contribution in [0.5, 0.6) is 5.75 Å². The van der Waals surface area contributed by atoms with Crippen molar-refractivity contribution in [2.24, 2.45) is 0 Å². The molecule has 0 aliphatic carbocycles. The summed E-state index contributed by atoms with van der Waals surface area (Å²) in [6.45, 7) is 1.27. The van der Waals surface area contributed by atoms with Crippen molar-refractivity contribution in [1.82, 2.24) is 0 Å². The minimum absolute atomic E-state index is 0.0728. The molecule has 5 nitrogen and oxygen atoms in total. The molecule has 0 saturated heterocycles. The van der Waals surface area contributed by atoms with E-state index in [0.717, 1.165) is 0 Å². The van der Waals surface area contributed by atoms with Crippen LogP contribution in [-0.2, 0) is 16.0 Å². The van der Waals surface area contributed by atoms with Crippen LogP contribution in [0.3, 0.4) is 0 Å². The van der Waals surface area contributed by atoms with Gasteiger partial charge in [-0.1, -0.05) is 0 Å². The van der Waals surface area contributed by atoms with Gasteiger partial charge in [-0.3, -0.25) is 9.59 Å². The van der Waals surface area contributed by atoms with Crippen molar-refractivity contribution in [3.05, 3.63) is 40.2 Å². The van der Waals surface area contributed by atoms with Crippen LogP contribution in [0.4, 0.5) is 0 Å². The zero-order chi connectivity index (χ0) is 14.0. The first-order chi connectivity index (χ1) is 8.95. The average molecular weight is 281 g/mol. The molecule has 19 heavy (non-hydrogen) atoms. The molecule has 0 spiro atoms. The number of esters is 1. The zero-order valence-electron chi connectivity index (χ0n) is 9.94. The predicted octanol–water partition coefficient (Wildman–Crippen LogP) is 2.03. The first-order valence-electron chi connectivity index (χ1n) is 5.39. The minimum Gasteiger partial charge on any atom is -0.427 e. The van der Waals surface area contributed by atoms with Gasteiger partial charge < -0.3 is 9.15 Å². The molecule has 6 heteroatoms. The second kappa shape index (κ2) is 5.24. The zero-order valence-corrected chi connectivity index (χ0v) is 10.7. The summed E-state index contributed by atoms with van der Waals surface area (Å²) in [7, 11) is 0. The van der Waals surface area contributed by atoms with E-state index in [2.05, 4.69) is 0 Å². The number of carbonyl (C=O) groups excluding carboxylic acids is 2. The van der Waals surface area contributed by atoms with E-state index in [1.54, 1.807) is 12.1 Å². The molecule has 1 heterocycles. The van der Waals surface area contributed by atoms with Gasteiger partial charge in [0, 0.05) is 30.9 Å². The van der Waals surface area contributed by atoms with Crippen LogP contribution in [0.15, 0.2) is 33.5 Å². The number of halogens is 1. The van der Waals surface area contributed by atoms with Gasteiger partial charge >= 0.3 is 11.6 Å². The molecule has 2 rings (SSSR count). The Morgan fingerprint density at radius 3 is 2.68 bits per heavy atom. The van der Waals surface area contributed by atoms with Crippen molar-refractivity contribution in [3.8, 4) is 5.75 Å². The van der Waals surface area contributed by atoms with Crippen molar-refractivity contribution < 1.29 is 18.7 Å². The fourth-order valence-electron chi connectivity index (χ4n) is 1.74. The fourth-order valence-corrected chi connectivity index (χ4v) is 1.88. The highest BCUT2D eigenvalue weighted by Gasteiger charge is 2.10. The van der Waals surface area contributed by atoms with Gasteiger partial charge in [0.15, 0.2) is 0 Å². The third kappa shape index (κ3) is 3.20. The molecular formula is C13H9ClO5. The van der Waals surface area contributed by atoms with Gasteiger partial charge in [-0.25, -0.2) is 4.79 Å². The number of rotatable bonds is 3. The highest BCUT2D eigenvalue weighted by molar-refractivity contribution is 6.63. The monoisotopic (exact) mass is 280 g/mol. The van der Waals surface area contributed by atoms with E-state index in [1.807, 2.05) is 0 Å². The molecule has 1 aromatic carbocycles. The Morgan fingerprint density at radius 2 is 2.05 bits per heavy atom. The van der Waals surface area contributed by atoms with Gasteiger partial charge in [0.1, 0.15) is 11.3 Å². The maximum absolute atomic E-state index is 11.4. The van der Waals surface area contributed by atoms with Crippen molar-refractivity contribution in [2.45, 2.75) is 13.3 Å². The van der Waals surface area contributed by atoms with E-state index >= 15 is 0 Å². The predicted molar refractivity (Wildman–Crippen MR) is 68.4 cm³/mol. The molecule has 0 amide bonds. The number of hydrogen-bond acceptors (Lipinski definition) is 5. The molecule has 1 aromatic heterocycles. The van der Waals surface area contributed by atoms with Crippen LogP contribution >= 0.6 is 11.6 Å². The summed E-state index contributed by atoms with van der Waals surface area (Å²) in [6, 6.07) is 5.78. The average Bonchev–Trinajstić information content (AvgIpc) is 2.26. The van der Waals surface area contributed by atoms with Crippen molar-refractivity contribution in [2.75, 3.05) is 0 Å². The quantitative estimate of drug-likeness (QED) is 0.372. The van der Waals surface area contributed by atoms with Gasteiger partial charge in [-0.15, -0.1) is 0 Å².